The summed E-state index contributed by atoms with van der Waals surface area (Å²) < 4.78 is 18.9. The van der Waals surface area contributed by atoms with Crippen LogP contribution in [-0.2, 0) is 20.8 Å². The molecule has 0 saturated carbocycles. The van der Waals surface area contributed by atoms with Gasteiger partial charge in [0, 0.05) is 22.0 Å². The van der Waals surface area contributed by atoms with E-state index >= 15 is 0 Å². The van der Waals surface area contributed by atoms with E-state index in [1.54, 1.807) is 0 Å². The zero-order valence-electron chi connectivity index (χ0n) is 19.1. The Morgan fingerprint density at radius 1 is 1.06 bits per heavy atom. The first-order valence-electron chi connectivity index (χ1n) is 11.4. The molecule has 5 nitrogen and oxygen atoms in total. The largest absolute Gasteiger partial charge is 0.449 e. The van der Waals surface area contributed by atoms with Gasteiger partial charge in [0.25, 0.3) is 0 Å². The van der Waals surface area contributed by atoms with Crippen LogP contribution in [0.2, 0.25) is 0 Å². The second-order valence-electron chi connectivity index (χ2n) is 8.88. The summed E-state index contributed by atoms with van der Waals surface area (Å²) in [4.78, 5) is 12.1. The van der Waals surface area contributed by atoms with Crippen LogP contribution in [0, 0.1) is 17.8 Å². The highest BCUT2D eigenvalue weighted by atomic mass is 79.9. The Balaban J connectivity index is 1.42. The summed E-state index contributed by atoms with van der Waals surface area (Å²) in [6.07, 6.45) is 1.86. The van der Waals surface area contributed by atoms with Crippen LogP contribution in [-0.4, -0.2) is 31.5 Å². The van der Waals surface area contributed by atoms with Crippen LogP contribution in [0.1, 0.15) is 39.2 Å². The molecule has 6 heteroatoms. The Bertz CT molecular complexity index is 829. The highest BCUT2D eigenvalue weighted by Gasteiger charge is 2.35. The van der Waals surface area contributed by atoms with Crippen molar-refractivity contribution in [2.75, 3.05) is 18.5 Å². The molecule has 0 aromatic heterocycles. The van der Waals surface area contributed by atoms with Gasteiger partial charge in [0.1, 0.15) is 0 Å². The van der Waals surface area contributed by atoms with Gasteiger partial charge in [-0.25, -0.2) is 4.79 Å². The second-order valence-corrected chi connectivity index (χ2v) is 9.80. The third-order valence-corrected chi connectivity index (χ3v) is 6.58. The van der Waals surface area contributed by atoms with Gasteiger partial charge >= 0.3 is 6.09 Å². The predicted octanol–water partition coefficient (Wildman–Crippen LogP) is 6.67. The number of halogens is 1. The second kappa shape index (κ2) is 12.4. The summed E-state index contributed by atoms with van der Waals surface area (Å²) in [5, 5.41) is 2.76. The number of hydrogen-bond acceptors (Lipinski definition) is 4. The lowest BCUT2D eigenvalue weighted by molar-refractivity contribution is -0.136. The Kier molecular flexibility index (Phi) is 9.57. The lowest BCUT2D eigenvalue weighted by Crippen LogP contribution is -2.43. The molecule has 1 aliphatic rings. The Hall–Kier alpha value is -1.89. The fourth-order valence-corrected chi connectivity index (χ4v) is 4.41. The average Bonchev–Trinajstić information content (AvgIpc) is 2.80. The number of carbonyl (C=O) groups excluding carboxylic acids is 1. The summed E-state index contributed by atoms with van der Waals surface area (Å²) >= 11 is 3.38. The monoisotopic (exact) mass is 503 g/mol. The van der Waals surface area contributed by atoms with Gasteiger partial charge in [0.05, 0.1) is 32.0 Å². The Morgan fingerprint density at radius 3 is 2.50 bits per heavy atom. The minimum atomic E-state index is -0.442. The summed E-state index contributed by atoms with van der Waals surface area (Å²) in [6.45, 7) is 8.14. The van der Waals surface area contributed by atoms with E-state index in [0.29, 0.717) is 37.3 Å². The van der Waals surface area contributed by atoms with E-state index in [-0.39, 0.29) is 18.1 Å². The molecule has 1 amide bonds. The predicted molar refractivity (Wildman–Crippen MR) is 131 cm³/mol. The SMILES string of the molecule is C[C@@H]1CC[C@H]([C@@H](C)COC(=O)Nc2ccc(Br)cc2)O[C@@H]1[C@H](C)COCc1ccccc1. The molecule has 1 N–H and O–H groups in total. The third-order valence-electron chi connectivity index (χ3n) is 6.06. The van der Waals surface area contributed by atoms with E-state index in [4.69, 9.17) is 14.2 Å². The van der Waals surface area contributed by atoms with Crippen molar-refractivity contribution < 1.29 is 19.0 Å². The van der Waals surface area contributed by atoms with Crippen molar-refractivity contribution in [2.24, 2.45) is 17.8 Å². The number of carbonyl (C=O) groups is 1. The van der Waals surface area contributed by atoms with Crippen molar-refractivity contribution in [1.82, 2.24) is 0 Å². The molecule has 0 bridgehead atoms. The lowest BCUT2D eigenvalue weighted by Gasteiger charge is -2.40. The van der Waals surface area contributed by atoms with Crippen LogP contribution in [0.25, 0.3) is 0 Å². The standard InChI is InChI=1S/C26H34BrNO4/c1-18-9-14-24(19(2)16-31-26(29)28-23-12-10-22(27)11-13-23)32-25(18)20(3)15-30-17-21-7-5-4-6-8-21/h4-8,10-13,18-20,24-25H,9,14-17H2,1-3H3,(H,28,29)/t18-,19+,20-,24-,25+/m1/s1. The maximum atomic E-state index is 12.1. The zero-order chi connectivity index (χ0) is 22.9. The summed E-state index contributed by atoms with van der Waals surface area (Å²) in [5.41, 5.74) is 1.89. The molecule has 2 aromatic carbocycles. The first kappa shape index (κ1) is 24.7. The van der Waals surface area contributed by atoms with Crippen molar-refractivity contribution in [3.8, 4) is 0 Å². The fraction of sp³-hybridized carbons (Fsp3) is 0.500. The molecule has 5 atom stereocenters. The van der Waals surface area contributed by atoms with Crippen molar-refractivity contribution in [3.05, 3.63) is 64.6 Å². The van der Waals surface area contributed by atoms with Gasteiger partial charge in [-0.15, -0.1) is 0 Å². The summed E-state index contributed by atoms with van der Waals surface area (Å²) in [7, 11) is 0. The van der Waals surface area contributed by atoms with Gasteiger partial charge < -0.3 is 14.2 Å². The van der Waals surface area contributed by atoms with Crippen LogP contribution in [0.5, 0.6) is 0 Å². The quantitative estimate of drug-likeness (QED) is 0.415. The van der Waals surface area contributed by atoms with Gasteiger partial charge in [-0.05, 0) is 48.6 Å². The Labute approximate surface area is 200 Å². The molecular weight excluding hydrogens is 470 g/mol. The number of anilines is 1. The van der Waals surface area contributed by atoms with Gasteiger partial charge in [0.15, 0.2) is 0 Å². The number of ether oxygens (including phenoxy) is 3. The van der Waals surface area contributed by atoms with Crippen LogP contribution >= 0.6 is 15.9 Å². The molecule has 32 heavy (non-hydrogen) atoms. The first-order chi connectivity index (χ1) is 15.4. The highest BCUT2D eigenvalue weighted by molar-refractivity contribution is 9.10. The minimum absolute atomic E-state index is 0.0771. The number of benzene rings is 2. The fourth-order valence-electron chi connectivity index (χ4n) is 4.14. The molecule has 2 aromatic rings. The minimum Gasteiger partial charge on any atom is -0.449 e. The zero-order valence-corrected chi connectivity index (χ0v) is 20.7. The maximum Gasteiger partial charge on any atom is 0.411 e. The van der Waals surface area contributed by atoms with Gasteiger partial charge in [-0.3, -0.25) is 5.32 Å². The molecule has 1 saturated heterocycles. The molecule has 1 heterocycles. The maximum absolute atomic E-state index is 12.1. The lowest BCUT2D eigenvalue weighted by atomic mass is 9.84. The molecule has 0 unspecified atom stereocenters. The van der Waals surface area contributed by atoms with E-state index in [1.807, 2.05) is 42.5 Å². The smallest absolute Gasteiger partial charge is 0.411 e. The van der Waals surface area contributed by atoms with Crippen molar-refractivity contribution in [1.29, 1.82) is 0 Å². The number of hydrogen-bond donors (Lipinski definition) is 1. The van der Waals surface area contributed by atoms with Gasteiger partial charge in [-0.2, -0.15) is 0 Å². The Morgan fingerprint density at radius 2 is 1.78 bits per heavy atom. The molecule has 1 aliphatic heterocycles. The molecule has 174 valence electrons. The topological polar surface area (TPSA) is 56.8 Å². The molecule has 0 radical (unpaired) electrons. The average molecular weight is 504 g/mol. The molecule has 1 fully saturated rings. The normalized spacial score (nSPS) is 22.7. The van der Waals surface area contributed by atoms with Crippen molar-refractivity contribution >= 4 is 27.7 Å². The van der Waals surface area contributed by atoms with Crippen LogP contribution in [0.3, 0.4) is 0 Å². The van der Waals surface area contributed by atoms with Crippen LogP contribution in [0.4, 0.5) is 10.5 Å². The highest BCUT2D eigenvalue weighted by Crippen LogP contribution is 2.33. The van der Waals surface area contributed by atoms with E-state index in [1.165, 1.54) is 5.56 Å². The van der Waals surface area contributed by atoms with E-state index in [9.17, 15) is 4.79 Å². The van der Waals surface area contributed by atoms with Crippen LogP contribution < -0.4 is 5.32 Å². The molecule has 0 aliphatic carbocycles. The van der Waals surface area contributed by atoms with Gasteiger partial charge in [-0.1, -0.05) is 67.0 Å². The van der Waals surface area contributed by atoms with Crippen LogP contribution in [0.15, 0.2) is 59.1 Å². The van der Waals surface area contributed by atoms with Crippen molar-refractivity contribution in [3.63, 3.8) is 0 Å². The van der Waals surface area contributed by atoms with Gasteiger partial charge in [0.2, 0.25) is 0 Å². The third kappa shape index (κ3) is 7.61. The number of nitrogens with one attached hydrogen (secondary N) is 1. The van der Waals surface area contributed by atoms with E-state index in [2.05, 4.69) is 54.2 Å². The molecule has 0 spiro atoms. The number of amides is 1. The van der Waals surface area contributed by atoms with E-state index < -0.39 is 6.09 Å². The van der Waals surface area contributed by atoms with Crippen molar-refractivity contribution in [2.45, 2.75) is 52.4 Å². The summed E-state index contributed by atoms with van der Waals surface area (Å²) in [5.74, 6) is 0.902. The molecule has 3 rings (SSSR count). The molecular formula is C26H34BrNO4. The van der Waals surface area contributed by atoms with E-state index in [0.717, 1.165) is 17.3 Å². The number of rotatable bonds is 9. The summed E-state index contributed by atoms with van der Waals surface area (Å²) in [6, 6.07) is 17.6. The first-order valence-corrected chi connectivity index (χ1v) is 12.2.